The Kier molecular flexibility index (Phi) is 3.72. The van der Waals surface area contributed by atoms with Crippen LogP contribution in [0, 0.1) is 5.92 Å². The van der Waals surface area contributed by atoms with Gasteiger partial charge in [0.25, 0.3) is 0 Å². The lowest BCUT2D eigenvalue weighted by molar-refractivity contribution is -0.124. The predicted molar refractivity (Wildman–Crippen MR) is 61.5 cm³/mol. The number of ether oxygens (including phenoxy) is 1. The van der Waals surface area contributed by atoms with E-state index in [0.29, 0.717) is 0 Å². The van der Waals surface area contributed by atoms with Crippen LogP contribution in [0.3, 0.4) is 0 Å². The fourth-order valence-electron chi connectivity index (χ4n) is 1.83. The largest absolute Gasteiger partial charge is 0.489 e. The van der Waals surface area contributed by atoms with Gasteiger partial charge in [0.15, 0.2) is 5.78 Å². The summed E-state index contributed by atoms with van der Waals surface area (Å²) in [5, 5.41) is 0. The van der Waals surface area contributed by atoms with Gasteiger partial charge in [-0.05, 0) is 32.8 Å². The number of Topliss-reactive ketones (excluding diaryl/α,β-unsaturated/α-hetero) is 1. The van der Waals surface area contributed by atoms with E-state index in [4.69, 9.17) is 4.74 Å². The van der Waals surface area contributed by atoms with Crippen LogP contribution in [0.25, 0.3) is 0 Å². The Hall–Kier alpha value is -1.05. The van der Waals surface area contributed by atoms with Gasteiger partial charge in [0.2, 0.25) is 0 Å². The second kappa shape index (κ2) is 4.65. The van der Waals surface area contributed by atoms with E-state index >= 15 is 0 Å². The second-order valence-corrected chi connectivity index (χ2v) is 4.23. The molecule has 0 aliphatic carbocycles. The average Bonchev–Trinajstić information content (AvgIpc) is 2.20. The Labute approximate surface area is 92.0 Å². The lowest BCUT2D eigenvalue weighted by Gasteiger charge is -2.29. The third-order valence-corrected chi connectivity index (χ3v) is 3.00. The van der Waals surface area contributed by atoms with Crippen molar-refractivity contribution < 1.29 is 9.53 Å². The minimum Gasteiger partial charge on any atom is -0.489 e. The van der Waals surface area contributed by atoms with Gasteiger partial charge < -0.3 is 4.74 Å². The normalized spacial score (nSPS) is 28.1. The molecule has 1 aliphatic rings. The van der Waals surface area contributed by atoms with E-state index in [-0.39, 0.29) is 17.8 Å². The highest BCUT2D eigenvalue weighted by molar-refractivity contribution is 5.98. The van der Waals surface area contributed by atoms with E-state index < -0.39 is 0 Å². The summed E-state index contributed by atoms with van der Waals surface area (Å²) in [7, 11) is 0. The first-order valence-corrected chi connectivity index (χ1v) is 5.57. The van der Waals surface area contributed by atoms with E-state index in [1.165, 1.54) is 0 Å². The number of carbonyl (C=O) groups is 1. The van der Waals surface area contributed by atoms with Crippen molar-refractivity contribution in [1.29, 1.82) is 0 Å². The summed E-state index contributed by atoms with van der Waals surface area (Å²) in [4.78, 5) is 11.9. The summed E-state index contributed by atoms with van der Waals surface area (Å²) in [6.45, 7) is 9.81. The Morgan fingerprint density at radius 2 is 2.07 bits per heavy atom. The van der Waals surface area contributed by atoms with E-state index in [1.54, 1.807) is 0 Å². The van der Waals surface area contributed by atoms with Gasteiger partial charge in [-0.1, -0.05) is 19.9 Å². The molecule has 0 spiro atoms. The molecule has 84 valence electrons. The molecule has 2 atom stereocenters. The van der Waals surface area contributed by atoms with Crippen molar-refractivity contribution in [3.63, 3.8) is 0 Å². The maximum Gasteiger partial charge on any atom is 0.168 e. The van der Waals surface area contributed by atoms with Crippen LogP contribution in [0.1, 0.15) is 41.0 Å². The van der Waals surface area contributed by atoms with Gasteiger partial charge in [-0.2, -0.15) is 0 Å². The van der Waals surface area contributed by atoms with Gasteiger partial charge in [0.05, 0.1) is 5.92 Å². The van der Waals surface area contributed by atoms with Crippen LogP contribution < -0.4 is 0 Å². The van der Waals surface area contributed by atoms with Crippen LogP contribution in [0.2, 0.25) is 0 Å². The lowest BCUT2D eigenvalue weighted by Crippen LogP contribution is -2.32. The van der Waals surface area contributed by atoms with Crippen molar-refractivity contribution >= 4 is 5.78 Å². The smallest absolute Gasteiger partial charge is 0.168 e. The zero-order valence-electron chi connectivity index (χ0n) is 10.3. The summed E-state index contributed by atoms with van der Waals surface area (Å²) in [6.07, 6.45) is 3.04. The number of allylic oxidation sites excluding steroid dienone is 3. The molecular formula is C13H20O2. The minimum atomic E-state index is -0.0248. The fourth-order valence-corrected chi connectivity index (χ4v) is 1.83. The molecule has 0 aromatic carbocycles. The van der Waals surface area contributed by atoms with Crippen molar-refractivity contribution in [2.45, 2.75) is 47.1 Å². The Morgan fingerprint density at radius 1 is 1.47 bits per heavy atom. The van der Waals surface area contributed by atoms with Crippen LogP contribution in [-0.4, -0.2) is 11.9 Å². The van der Waals surface area contributed by atoms with Crippen molar-refractivity contribution in [3.8, 4) is 0 Å². The Bertz CT molecular complexity index is 323. The molecule has 1 heterocycles. The quantitative estimate of drug-likeness (QED) is 0.696. The third kappa shape index (κ3) is 2.31. The molecule has 0 amide bonds. The molecule has 1 aliphatic heterocycles. The highest BCUT2D eigenvalue weighted by atomic mass is 16.5. The highest BCUT2D eigenvalue weighted by Gasteiger charge is 2.31. The molecule has 0 bridgehead atoms. The molecule has 0 radical (unpaired) electrons. The number of hydrogen-bond donors (Lipinski definition) is 0. The average molecular weight is 208 g/mol. The van der Waals surface area contributed by atoms with Gasteiger partial charge >= 0.3 is 0 Å². The zero-order chi connectivity index (χ0) is 11.6. The maximum absolute atomic E-state index is 11.9. The zero-order valence-corrected chi connectivity index (χ0v) is 10.3. The molecule has 0 N–H and O–H groups in total. The number of carbonyl (C=O) groups excluding carboxylic acids is 1. The SMILES string of the molecule is CCC=C(C)C1=C(C)C(=O)C(C)C(C)O1. The third-order valence-electron chi connectivity index (χ3n) is 3.00. The van der Waals surface area contributed by atoms with Gasteiger partial charge in [-0.25, -0.2) is 0 Å². The molecule has 0 fully saturated rings. The Morgan fingerprint density at radius 3 is 2.60 bits per heavy atom. The first-order chi connectivity index (χ1) is 6.99. The molecule has 2 nitrogen and oxygen atoms in total. The molecule has 1 rings (SSSR count). The van der Waals surface area contributed by atoms with E-state index in [0.717, 1.165) is 23.3 Å². The number of hydrogen-bond acceptors (Lipinski definition) is 2. The van der Waals surface area contributed by atoms with Crippen molar-refractivity contribution in [3.05, 3.63) is 23.0 Å². The van der Waals surface area contributed by atoms with Crippen LogP contribution in [-0.2, 0) is 9.53 Å². The summed E-state index contributed by atoms with van der Waals surface area (Å²) >= 11 is 0. The summed E-state index contributed by atoms with van der Waals surface area (Å²) < 4.78 is 5.79. The molecule has 2 heteroatoms. The van der Waals surface area contributed by atoms with E-state index in [1.807, 2.05) is 27.7 Å². The van der Waals surface area contributed by atoms with Crippen LogP contribution >= 0.6 is 0 Å². The van der Waals surface area contributed by atoms with Crippen molar-refractivity contribution in [2.75, 3.05) is 0 Å². The predicted octanol–water partition coefficient (Wildman–Crippen LogP) is 3.24. The standard InChI is InChI=1S/C13H20O2/c1-6-7-8(2)13-10(4)12(14)9(3)11(5)15-13/h7,9,11H,6H2,1-5H3. The molecule has 0 saturated heterocycles. The maximum atomic E-state index is 11.9. The summed E-state index contributed by atoms with van der Waals surface area (Å²) in [6, 6.07) is 0. The van der Waals surface area contributed by atoms with Gasteiger partial charge in [0, 0.05) is 5.57 Å². The van der Waals surface area contributed by atoms with Crippen LogP contribution in [0.4, 0.5) is 0 Å². The molecule has 2 unspecified atom stereocenters. The lowest BCUT2D eigenvalue weighted by atomic mass is 9.90. The van der Waals surface area contributed by atoms with Crippen molar-refractivity contribution in [2.24, 2.45) is 5.92 Å². The van der Waals surface area contributed by atoms with Gasteiger partial charge in [-0.15, -0.1) is 0 Å². The van der Waals surface area contributed by atoms with Crippen LogP contribution in [0.15, 0.2) is 23.0 Å². The minimum absolute atomic E-state index is 0.0172. The van der Waals surface area contributed by atoms with Gasteiger partial charge in [-0.3, -0.25) is 4.79 Å². The topological polar surface area (TPSA) is 26.3 Å². The van der Waals surface area contributed by atoms with E-state index in [2.05, 4.69) is 13.0 Å². The number of rotatable bonds is 2. The molecule has 0 saturated carbocycles. The van der Waals surface area contributed by atoms with E-state index in [9.17, 15) is 4.79 Å². The summed E-state index contributed by atoms with van der Waals surface area (Å²) in [5.41, 5.74) is 1.84. The molecule has 0 aromatic heterocycles. The van der Waals surface area contributed by atoms with Crippen molar-refractivity contribution in [1.82, 2.24) is 0 Å². The number of ketones is 1. The summed E-state index contributed by atoms with van der Waals surface area (Å²) in [5.74, 6) is 0.975. The second-order valence-electron chi connectivity index (χ2n) is 4.23. The fraction of sp³-hybridized carbons (Fsp3) is 0.615. The molecule has 0 aromatic rings. The van der Waals surface area contributed by atoms with Crippen LogP contribution in [0.5, 0.6) is 0 Å². The van der Waals surface area contributed by atoms with Gasteiger partial charge in [0.1, 0.15) is 11.9 Å². The highest BCUT2D eigenvalue weighted by Crippen LogP contribution is 2.29. The first kappa shape index (κ1) is 12.0. The molecule has 15 heavy (non-hydrogen) atoms. The first-order valence-electron chi connectivity index (χ1n) is 5.57. The Balaban J connectivity index is 3.07. The monoisotopic (exact) mass is 208 g/mol. The molecular weight excluding hydrogens is 188 g/mol.